The number of carbonyl (C=O) groups excluding carboxylic acids is 1. The van der Waals surface area contributed by atoms with Gasteiger partial charge in [0.25, 0.3) is 5.91 Å². The van der Waals surface area contributed by atoms with E-state index >= 15 is 0 Å². The van der Waals surface area contributed by atoms with E-state index in [1.807, 2.05) is 0 Å². The fraction of sp³-hybridized carbons (Fsp3) is 0.182. The molecule has 1 amide bonds. The van der Waals surface area contributed by atoms with Gasteiger partial charge in [0.05, 0.1) is 11.1 Å². The van der Waals surface area contributed by atoms with E-state index < -0.39 is 18.6 Å². The van der Waals surface area contributed by atoms with Crippen LogP contribution in [0, 0.1) is 0 Å². The Morgan fingerprint density at radius 1 is 1.33 bits per heavy atom. The van der Waals surface area contributed by atoms with Crippen molar-refractivity contribution in [1.29, 1.82) is 0 Å². The molecule has 18 heavy (non-hydrogen) atoms. The molecule has 0 radical (unpaired) electrons. The molecule has 0 aliphatic rings. The Hall–Kier alpha value is -2.18. The van der Waals surface area contributed by atoms with Gasteiger partial charge in [0.2, 0.25) is 0 Å². The van der Waals surface area contributed by atoms with Crippen LogP contribution in [-0.2, 0) is 0 Å². The summed E-state index contributed by atoms with van der Waals surface area (Å²) in [5.41, 5.74) is 0.423. The number of halogens is 3. The Morgan fingerprint density at radius 3 is 2.83 bits per heavy atom. The van der Waals surface area contributed by atoms with Crippen LogP contribution in [0.3, 0.4) is 0 Å². The van der Waals surface area contributed by atoms with Crippen molar-refractivity contribution in [2.75, 3.05) is 6.54 Å². The molecule has 0 bridgehead atoms. The first-order chi connectivity index (χ1) is 8.47. The molecule has 1 N–H and O–H groups in total. The maximum Gasteiger partial charge on any atom is 0.405 e. The smallest absolute Gasteiger partial charge is 0.343 e. The molecule has 0 spiro atoms. The van der Waals surface area contributed by atoms with Gasteiger partial charge in [0.15, 0.2) is 0 Å². The number of carbonyl (C=O) groups is 1. The van der Waals surface area contributed by atoms with E-state index in [0.717, 1.165) is 0 Å². The van der Waals surface area contributed by atoms with Gasteiger partial charge in [0, 0.05) is 11.6 Å². The van der Waals surface area contributed by atoms with Crippen molar-refractivity contribution in [3.63, 3.8) is 0 Å². The lowest BCUT2D eigenvalue weighted by molar-refractivity contribution is -0.123. The van der Waals surface area contributed by atoms with Crippen LogP contribution in [0.5, 0.6) is 0 Å². The van der Waals surface area contributed by atoms with E-state index in [2.05, 4.69) is 9.97 Å². The van der Waals surface area contributed by atoms with E-state index in [0.29, 0.717) is 10.9 Å². The lowest BCUT2D eigenvalue weighted by Crippen LogP contribution is -2.33. The van der Waals surface area contributed by atoms with Gasteiger partial charge < -0.3 is 5.32 Å². The molecule has 0 saturated heterocycles. The van der Waals surface area contributed by atoms with Crippen molar-refractivity contribution in [3.8, 4) is 0 Å². The van der Waals surface area contributed by atoms with Gasteiger partial charge >= 0.3 is 6.18 Å². The monoisotopic (exact) mass is 255 g/mol. The molecule has 0 fully saturated rings. The van der Waals surface area contributed by atoms with Crippen molar-refractivity contribution in [2.24, 2.45) is 0 Å². The van der Waals surface area contributed by atoms with E-state index in [1.54, 1.807) is 17.4 Å². The third kappa shape index (κ3) is 2.73. The van der Waals surface area contributed by atoms with E-state index in [9.17, 15) is 18.0 Å². The highest BCUT2D eigenvalue weighted by atomic mass is 19.4. The van der Waals surface area contributed by atoms with Crippen LogP contribution in [0.4, 0.5) is 13.2 Å². The number of hydrogen-bond donors (Lipinski definition) is 1. The first-order valence-electron chi connectivity index (χ1n) is 5.01. The van der Waals surface area contributed by atoms with Crippen LogP contribution in [0.1, 0.15) is 10.4 Å². The number of nitrogens with one attached hydrogen (secondary N) is 1. The first kappa shape index (κ1) is 12.3. The number of fused-ring (bicyclic) bond motifs is 1. The van der Waals surface area contributed by atoms with Crippen LogP contribution < -0.4 is 5.32 Å². The average molecular weight is 255 g/mol. The van der Waals surface area contributed by atoms with Gasteiger partial charge in [0.1, 0.15) is 12.9 Å². The Kier molecular flexibility index (Phi) is 3.14. The molecule has 0 atom stereocenters. The summed E-state index contributed by atoms with van der Waals surface area (Å²) in [5.74, 6) is -0.809. The normalized spacial score (nSPS) is 11.5. The lowest BCUT2D eigenvalue weighted by atomic mass is 10.1. The molecule has 1 heterocycles. The number of nitrogens with zero attached hydrogens (tertiary/aromatic N) is 2. The molecular formula is C11H8F3N3O. The zero-order chi connectivity index (χ0) is 13.2. The second-order valence-corrected chi connectivity index (χ2v) is 3.56. The van der Waals surface area contributed by atoms with Crippen molar-refractivity contribution in [3.05, 3.63) is 36.3 Å². The van der Waals surface area contributed by atoms with E-state index in [1.165, 1.54) is 18.6 Å². The summed E-state index contributed by atoms with van der Waals surface area (Å²) in [6, 6.07) is 4.66. The maximum absolute atomic E-state index is 12.0. The molecule has 0 unspecified atom stereocenters. The molecule has 0 aliphatic heterocycles. The minimum Gasteiger partial charge on any atom is -0.343 e. The number of rotatable bonds is 2. The van der Waals surface area contributed by atoms with E-state index in [4.69, 9.17) is 0 Å². The predicted octanol–water partition coefficient (Wildman–Crippen LogP) is 1.92. The Balaban J connectivity index is 2.28. The summed E-state index contributed by atoms with van der Waals surface area (Å²) in [6.45, 7) is -1.37. The van der Waals surface area contributed by atoms with Crippen LogP contribution in [0.25, 0.3) is 10.9 Å². The summed E-state index contributed by atoms with van der Waals surface area (Å²) in [7, 11) is 0. The number of hydrogen-bond acceptors (Lipinski definition) is 3. The second kappa shape index (κ2) is 4.59. The van der Waals surface area contributed by atoms with Gasteiger partial charge in [-0.2, -0.15) is 13.2 Å². The molecule has 4 nitrogen and oxygen atoms in total. The zero-order valence-electron chi connectivity index (χ0n) is 9.03. The molecule has 2 rings (SSSR count). The van der Waals surface area contributed by atoms with Crippen LogP contribution in [0.15, 0.2) is 30.7 Å². The predicted molar refractivity (Wildman–Crippen MR) is 57.9 cm³/mol. The molecule has 94 valence electrons. The summed E-state index contributed by atoms with van der Waals surface area (Å²) < 4.78 is 36.0. The molecule has 7 heteroatoms. The Bertz CT molecular complexity index is 578. The topological polar surface area (TPSA) is 54.9 Å². The van der Waals surface area contributed by atoms with Crippen molar-refractivity contribution in [2.45, 2.75) is 6.18 Å². The number of aromatic nitrogens is 2. The second-order valence-electron chi connectivity index (χ2n) is 3.56. The number of benzene rings is 1. The number of alkyl halides is 3. The van der Waals surface area contributed by atoms with Gasteiger partial charge in [-0.15, -0.1) is 0 Å². The average Bonchev–Trinajstić information content (AvgIpc) is 2.34. The van der Waals surface area contributed by atoms with Gasteiger partial charge in [-0.3, -0.25) is 4.79 Å². The number of amides is 1. The highest BCUT2D eigenvalue weighted by Gasteiger charge is 2.28. The molecule has 0 aliphatic carbocycles. The van der Waals surface area contributed by atoms with Crippen LogP contribution >= 0.6 is 0 Å². The maximum atomic E-state index is 12.0. The van der Waals surface area contributed by atoms with Gasteiger partial charge in [-0.1, -0.05) is 12.1 Å². The molecule has 2 aromatic rings. The molecular weight excluding hydrogens is 247 g/mol. The largest absolute Gasteiger partial charge is 0.405 e. The molecule has 1 aromatic heterocycles. The Labute approximate surface area is 99.9 Å². The van der Waals surface area contributed by atoms with Crippen LogP contribution in [-0.4, -0.2) is 28.6 Å². The summed E-state index contributed by atoms with van der Waals surface area (Å²) in [6.07, 6.45) is -1.71. The summed E-state index contributed by atoms with van der Waals surface area (Å²) in [4.78, 5) is 19.3. The SMILES string of the molecule is O=C(NCC(F)(F)F)c1cccc2cncnc12. The van der Waals surface area contributed by atoms with Crippen molar-refractivity contribution in [1.82, 2.24) is 15.3 Å². The molecule has 0 saturated carbocycles. The minimum atomic E-state index is -4.44. The zero-order valence-corrected chi connectivity index (χ0v) is 9.03. The van der Waals surface area contributed by atoms with Gasteiger partial charge in [-0.05, 0) is 6.07 Å². The third-order valence-corrected chi connectivity index (χ3v) is 2.23. The summed E-state index contributed by atoms with van der Waals surface area (Å²) >= 11 is 0. The Morgan fingerprint density at radius 2 is 2.11 bits per heavy atom. The van der Waals surface area contributed by atoms with Gasteiger partial charge in [-0.25, -0.2) is 9.97 Å². The number of para-hydroxylation sites is 1. The standard InChI is InChI=1S/C11H8F3N3O/c12-11(13,14)5-16-10(18)8-3-1-2-7-4-15-6-17-9(7)8/h1-4,6H,5H2,(H,16,18). The summed E-state index contributed by atoms with van der Waals surface area (Å²) in [5, 5.41) is 2.40. The van der Waals surface area contributed by atoms with Crippen LogP contribution in [0.2, 0.25) is 0 Å². The highest BCUT2D eigenvalue weighted by Crippen LogP contribution is 2.16. The van der Waals surface area contributed by atoms with Crippen molar-refractivity contribution < 1.29 is 18.0 Å². The van der Waals surface area contributed by atoms with E-state index in [-0.39, 0.29) is 5.56 Å². The fourth-order valence-corrected chi connectivity index (χ4v) is 1.47. The van der Waals surface area contributed by atoms with Crippen molar-refractivity contribution >= 4 is 16.8 Å². The molecule has 1 aromatic carbocycles. The minimum absolute atomic E-state index is 0.0964. The quantitative estimate of drug-likeness (QED) is 0.892. The first-order valence-corrected chi connectivity index (χ1v) is 5.01. The third-order valence-electron chi connectivity index (χ3n) is 2.23. The lowest BCUT2D eigenvalue weighted by Gasteiger charge is -2.09. The fourth-order valence-electron chi connectivity index (χ4n) is 1.47. The highest BCUT2D eigenvalue weighted by molar-refractivity contribution is 6.05.